The number of nitrogens with one attached hydrogen (secondary N) is 3. The van der Waals surface area contributed by atoms with Crippen LogP contribution in [0.15, 0.2) is 4.99 Å². The van der Waals surface area contributed by atoms with Crippen molar-refractivity contribution in [1.82, 2.24) is 16.0 Å². The zero-order valence-corrected chi connectivity index (χ0v) is 36.0. The SMILES string of the molecule is CCCCOCCOCCC(=O)CC(CCCN=C(N)N)C(=O)C[C@@H](CC(=O)O)C(=O)NC(CCCCN)C(=O)CC[C@H](N)C(=O)N[C@@H](C)C(=O)N[C@@H](CS)C(=O)O.O=C=O. The van der Waals surface area contributed by atoms with Crippen molar-refractivity contribution in [2.45, 2.75) is 121 Å². The lowest BCUT2D eigenvalue weighted by Crippen LogP contribution is -2.53. The molecular formula is C38H66N8O14S. The van der Waals surface area contributed by atoms with E-state index in [0.29, 0.717) is 45.6 Å². The molecule has 3 amide bonds. The number of unbranched alkanes of at least 4 members (excludes halogenated alkanes) is 2. The first-order valence-corrected chi connectivity index (χ1v) is 20.7. The van der Waals surface area contributed by atoms with Crippen LogP contribution in [0.4, 0.5) is 0 Å². The van der Waals surface area contributed by atoms with Crippen molar-refractivity contribution in [2.75, 3.05) is 45.3 Å². The van der Waals surface area contributed by atoms with Gasteiger partial charge in [0.15, 0.2) is 11.7 Å². The number of guanidine groups is 1. The van der Waals surface area contributed by atoms with Crippen LogP contribution < -0.4 is 38.9 Å². The number of rotatable bonds is 36. The van der Waals surface area contributed by atoms with E-state index in [1.165, 1.54) is 6.92 Å². The minimum atomic E-state index is -1.38. The van der Waals surface area contributed by atoms with Gasteiger partial charge in [0.25, 0.3) is 0 Å². The number of carboxylic acids is 2. The molecule has 2 unspecified atom stereocenters. The number of aliphatic carboxylic acids is 2. The second-order valence-electron chi connectivity index (χ2n) is 14.0. The molecule has 0 aliphatic rings. The molecule has 0 aliphatic heterocycles. The molecule has 348 valence electrons. The Bertz CT molecular complexity index is 1440. The van der Waals surface area contributed by atoms with E-state index in [1.807, 2.05) is 6.92 Å². The number of hydrogen-bond donors (Lipinski definition) is 10. The van der Waals surface area contributed by atoms with Gasteiger partial charge in [-0.05, 0) is 58.4 Å². The van der Waals surface area contributed by atoms with Crippen LogP contribution in [0.25, 0.3) is 0 Å². The van der Waals surface area contributed by atoms with Gasteiger partial charge in [0.05, 0.1) is 44.2 Å². The fourth-order valence-electron chi connectivity index (χ4n) is 5.50. The molecule has 0 fully saturated rings. The molecule has 0 saturated carbocycles. The van der Waals surface area contributed by atoms with Crippen LogP contribution in [0.5, 0.6) is 0 Å². The van der Waals surface area contributed by atoms with E-state index < -0.39 is 90.1 Å². The van der Waals surface area contributed by atoms with E-state index in [-0.39, 0.29) is 75.3 Å². The topological polar surface area (TPSA) is 382 Å². The van der Waals surface area contributed by atoms with Crippen molar-refractivity contribution >= 4 is 71.7 Å². The number of ether oxygens (including phenoxy) is 2. The van der Waals surface area contributed by atoms with E-state index >= 15 is 0 Å². The molecule has 0 rings (SSSR count). The van der Waals surface area contributed by atoms with Crippen LogP contribution in [0, 0.1) is 11.8 Å². The van der Waals surface area contributed by atoms with Crippen molar-refractivity contribution in [3.63, 3.8) is 0 Å². The third-order valence-electron chi connectivity index (χ3n) is 8.95. The predicted octanol–water partition coefficient (Wildman–Crippen LogP) is -1.40. The van der Waals surface area contributed by atoms with E-state index in [4.69, 9.17) is 47.1 Å². The number of ketones is 3. The number of carboxylic acid groups (broad SMARTS) is 2. The average molecular weight is 891 g/mol. The number of nitrogens with zero attached hydrogens (tertiary/aromatic N) is 1. The maximum Gasteiger partial charge on any atom is 0.373 e. The Morgan fingerprint density at radius 2 is 1.34 bits per heavy atom. The van der Waals surface area contributed by atoms with E-state index in [2.05, 4.69) is 33.6 Å². The summed E-state index contributed by atoms with van der Waals surface area (Å²) in [6.07, 6.45) is 1.85. The van der Waals surface area contributed by atoms with Crippen molar-refractivity contribution in [2.24, 2.45) is 39.8 Å². The van der Waals surface area contributed by atoms with Crippen LogP contribution in [0.1, 0.15) is 97.3 Å². The van der Waals surface area contributed by atoms with Crippen molar-refractivity contribution < 1.29 is 67.6 Å². The van der Waals surface area contributed by atoms with Crippen LogP contribution in [-0.2, 0) is 57.4 Å². The molecule has 0 bridgehead atoms. The number of nitrogens with two attached hydrogens (primary N) is 4. The molecule has 0 radical (unpaired) electrons. The Balaban J connectivity index is 0. The van der Waals surface area contributed by atoms with Crippen LogP contribution in [0.2, 0.25) is 0 Å². The molecule has 13 N–H and O–H groups in total. The summed E-state index contributed by atoms with van der Waals surface area (Å²) in [5.41, 5.74) is 22.4. The highest BCUT2D eigenvalue weighted by Gasteiger charge is 2.32. The Labute approximate surface area is 361 Å². The molecule has 23 heteroatoms. The highest BCUT2D eigenvalue weighted by molar-refractivity contribution is 7.80. The fraction of sp³-hybridized carbons (Fsp3) is 0.737. The Kier molecular flexibility index (Phi) is 34.3. The maximum absolute atomic E-state index is 13.6. The number of carbonyl (C=O) groups excluding carboxylic acids is 8. The smallest absolute Gasteiger partial charge is 0.373 e. The zero-order chi connectivity index (χ0) is 46.8. The number of thiol groups is 1. The second kappa shape index (κ2) is 35.9. The van der Waals surface area contributed by atoms with Crippen molar-refractivity contribution in [3.05, 3.63) is 0 Å². The maximum atomic E-state index is 13.6. The van der Waals surface area contributed by atoms with Gasteiger partial charge in [-0.1, -0.05) is 13.3 Å². The normalized spacial score (nSPS) is 13.6. The minimum Gasteiger partial charge on any atom is -0.481 e. The number of Topliss-reactive ketones (excluding diaryl/α,β-unsaturated/α-hetero) is 3. The first kappa shape index (κ1) is 58.3. The Hall–Kier alpha value is -4.80. The summed E-state index contributed by atoms with van der Waals surface area (Å²) < 4.78 is 10.9. The molecular weight excluding hydrogens is 825 g/mol. The largest absolute Gasteiger partial charge is 0.481 e. The van der Waals surface area contributed by atoms with Gasteiger partial charge in [-0.2, -0.15) is 22.2 Å². The van der Waals surface area contributed by atoms with E-state index in [9.17, 15) is 43.5 Å². The summed E-state index contributed by atoms with van der Waals surface area (Å²) in [4.78, 5) is 122. The van der Waals surface area contributed by atoms with Crippen molar-refractivity contribution in [1.29, 1.82) is 0 Å². The van der Waals surface area contributed by atoms with Gasteiger partial charge in [-0.25, -0.2) is 4.79 Å². The van der Waals surface area contributed by atoms with Gasteiger partial charge in [0, 0.05) is 50.5 Å². The Morgan fingerprint density at radius 1 is 0.721 bits per heavy atom. The molecule has 22 nitrogen and oxygen atoms in total. The van der Waals surface area contributed by atoms with Crippen LogP contribution in [0.3, 0.4) is 0 Å². The summed E-state index contributed by atoms with van der Waals surface area (Å²) in [5, 5.41) is 26.0. The number of hydrogen-bond acceptors (Lipinski definition) is 16. The highest BCUT2D eigenvalue weighted by atomic mass is 32.1. The average Bonchev–Trinajstić information content (AvgIpc) is 3.19. The highest BCUT2D eigenvalue weighted by Crippen LogP contribution is 2.22. The third-order valence-corrected chi connectivity index (χ3v) is 9.32. The van der Waals surface area contributed by atoms with Crippen LogP contribution >= 0.6 is 12.6 Å². The lowest BCUT2D eigenvalue weighted by atomic mass is 9.85. The fourth-order valence-corrected chi connectivity index (χ4v) is 5.75. The molecule has 0 spiro atoms. The van der Waals surface area contributed by atoms with Gasteiger partial charge >= 0.3 is 18.1 Å². The lowest BCUT2D eigenvalue weighted by molar-refractivity contribution is -0.192. The standard InChI is InChI=1S/C37H66N8O12S.CO2/c1-3-4-15-56-17-18-57-16-12-26(46)19-24(8-7-14-42-37(40)41)31(48)20-25(21-32(49)50)34(52)44-28(9-5-6-13-38)30(47)11-10-27(39)35(53)43-23(2)33(51)45-29(22-58)36(54)55;2-1-3/h23-25,27-29,58H,3-22,38-39H2,1-2H3,(H,43,53)(H,44,52)(H,45,51)(H,49,50)(H,54,55)(H4,40,41,42);/t23-,24?,25-,27-,28?,29-;/m0./s1. The quantitative estimate of drug-likeness (QED) is 0.0150. The van der Waals surface area contributed by atoms with E-state index in [1.54, 1.807) is 0 Å². The molecule has 6 atom stereocenters. The zero-order valence-electron chi connectivity index (χ0n) is 35.1. The number of carbonyl (C=O) groups is 8. The lowest BCUT2D eigenvalue weighted by Gasteiger charge is -2.23. The van der Waals surface area contributed by atoms with Gasteiger partial charge < -0.3 is 58.6 Å². The molecule has 61 heavy (non-hydrogen) atoms. The summed E-state index contributed by atoms with van der Waals surface area (Å²) in [5.74, 6) is -8.98. The number of aliphatic imine (C=N–C) groups is 1. The molecule has 0 aromatic carbocycles. The molecule has 0 heterocycles. The first-order valence-electron chi connectivity index (χ1n) is 20.1. The summed E-state index contributed by atoms with van der Waals surface area (Å²) >= 11 is 3.88. The molecule has 0 aromatic rings. The van der Waals surface area contributed by atoms with E-state index in [0.717, 1.165) is 12.8 Å². The minimum absolute atomic E-state index is 0.0293. The molecule has 0 saturated heterocycles. The third kappa shape index (κ3) is 30.0. The predicted molar refractivity (Wildman–Crippen MR) is 223 cm³/mol. The summed E-state index contributed by atoms with van der Waals surface area (Å²) in [6, 6.07) is -4.84. The Morgan fingerprint density at radius 3 is 1.90 bits per heavy atom. The van der Waals surface area contributed by atoms with Gasteiger partial charge in [0.1, 0.15) is 23.7 Å². The van der Waals surface area contributed by atoms with Gasteiger partial charge in [-0.3, -0.25) is 38.6 Å². The number of amides is 3. The second-order valence-corrected chi connectivity index (χ2v) is 14.4. The van der Waals surface area contributed by atoms with Crippen molar-refractivity contribution in [3.8, 4) is 0 Å². The molecule has 0 aromatic heterocycles. The summed E-state index contributed by atoms with van der Waals surface area (Å²) in [7, 11) is 0. The monoisotopic (exact) mass is 890 g/mol. The van der Waals surface area contributed by atoms with Crippen LogP contribution in [-0.4, -0.2) is 139 Å². The summed E-state index contributed by atoms with van der Waals surface area (Å²) in [6.45, 7) is 5.26. The molecule has 0 aliphatic carbocycles. The first-order chi connectivity index (χ1) is 28.9. The van der Waals surface area contributed by atoms with Gasteiger partial charge in [0.2, 0.25) is 17.7 Å². The van der Waals surface area contributed by atoms with Gasteiger partial charge in [-0.15, -0.1) is 0 Å².